The maximum Gasteiger partial charge on any atom is 0.416 e. The number of thioether (sulfide) groups is 1. The lowest BCUT2D eigenvalue weighted by Gasteiger charge is -2.13. The van der Waals surface area contributed by atoms with Gasteiger partial charge in [-0.2, -0.15) is 0 Å². The molecule has 0 atom stereocenters. The Morgan fingerprint density at radius 1 is 1.31 bits per heavy atom. The molecule has 4 rings (SSSR count). The van der Waals surface area contributed by atoms with Gasteiger partial charge in [-0.1, -0.05) is 11.8 Å². The van der Waals surface area contributed by atoms with Gasteiger partial charge in [0.1, 0.15) is 11.4 Å². The largest absolute Gasteiger partial charge is 0.447 e. The van der Waals surface area contributed by atoms with E-state index in [1.54, 1.807) is 15.9 Å². The summed E-state index contributed by atoms with van der Waals surface area (Å²) in [6, 6.07) is 0. The van der Waals surface area contributed by atoms with Crippen LogP contribution in [0.15, 0.2) is 9.95 Å². The molecule has 2 aliphatic rings. The fourth-order valence-electron chi connectivity index (χ4n) is 3.43. The Bertz CT molecular complexity index is 950. The van der Waals surface area contributed by atoms with E-state index in [1.807, 2.05) is 6.92 Å². The van der Waals surface area contributed by atoms with Crippen LogP contribution in [0, 0.1) is 0 Å². The van der Waals surface area contributed by atoms with Crippen molar-refractivity contribution in [2.24, 2.45) is 0 Å². The van der Waals surface area contributed by atoms with E-state index in [9.17, 15) is 14.4 Å². The number of imide groups is 1. The summed E-state index contributed by atoms with van der Waals surface area (Å²) in [6.45, 7) is 2.91. The molecule has 2 aromatic rings. The van der Waals surface area contributed by atoms with Crippen LogP contribution in [0.1, 0.15) is 30.2 Å². The van der Waals surface area contributed by atoms with Crippen molar-refractivity contribution in [2.75, 3.05) is 18.9 Å². The molecular weight excluding hydrogens is 374 g/mol. The van der Waals surface area contributed by atoms with E-state index >= 15 is 0 Å². The number of fused-ring (bicyclic) bond motifs is 3. The molecule has 3 heterocycles. The second kappa shape index (κ2) is 7.03. The van der Waals surface area contributed by atoms with E-state index < -0.39 is 6.09 Å². The third kappa shape index (κ3) is 2.92. The average Bonchev–Trinajstić information content (AvgIpc) is 3.22. The maximum absolute atomic E-state index is 13.0. The Hall–Kier alpha value is -1.87. The first kappa shape index (κ1) is 17.5. The number of carbonyl (C=O) groups is 2. The summed E-state index contributed by atoms with van der Waals surface area (Å²) >= 11 is 2.80. The van der Waals surface area contributed by atoms with Crippen molar-refractivity contribution >= 4 is 45.3 Å². The second-order valence-corrected chi connectivity index (χ2v) is 8.31. The summed E-state index contributed by atoms with van der Waals surface area (Å²) in [5, 5.41) is 1.29. The van der Waals surface area contributed by atoms with Gasteiger partial charge < -0.3 is 4.74 Å². The van der Waals surface area contributed by atoms with E-state index in [0.717, 1.165) is 40.8 Å². The SMILES string of the molecule is CCn1c(SCC(=O)N2CCOC2=O)nc2sc3c(c2c1=O)CCCC3. The molecule has 26 heavy (non-hydrogen) atoms. The maximum atomic E-state index is 13.0. The molecule has 0 radical (unpaired) electrons. The van der Waals surface area contributed by atoms with Gasteiger partial charge in [-0.3, -0.25) is 14.2 Å². The number of ether oxygens (including phenoxy) is 1. The van der Waals surface area contributed by atoms with E-state index in [0.29, 0.717) is 11.7 Å². The molecule has 0 saturated carbocycles. The molecule has 0 bridgehead atoms. The Kier molecular flexibility index (Phi) is 4.74. The molecule has 138 valence electrons. The average molecular weight is 393 g/mol. The Morgan fingerprint density at radius 2 is 2.12 bits per heavy atom. The predicted molar refractivity (Wildman–Crippen MR) is 100.0 cm³/mol. The van der Waals surface area contributed by atoms with E-state index in [2.05, 4.69) is 4.98 Å². The Balaban J connectivity index is 1.65. The fraction of sp³-hybridized carbons (Fsp3) is 0.529. The summed E-state index contributed by atoms with van der Waals surface area (Å²) in [7, 11) is 0. The summed E-state index contributed by atoms with van der Waals surface area (Å²) in [5.74, 6) is -0.266. The molecule has 0 aromatic carbocycles. The highest BCUT2D eigenvalue weighted by molar-refractivity contribution is 7.99. The highest BCUT2D eigenvalue weighted by atomic mass is 32.2. The molecular formula is C17H19N3O4S2. The molecule has 0 unspecified atom stereocenters. The highest BCUT2D eigenvalue weighted by Gasteiger charge is 2.29. The molecule has 0 spiro atoms. The smallest absolute Gasteiger partial charge is 0.416 e. The van der Waals surface area contributed by atoms with Crippen LogP contribution < -0.4 is 5.56 Å². The van der Waals surface area contributed by atoms with Crippen molar-refractivity contribution < 1.29 is 14.3 Å². The molecule has 9 heteroatoms. The topological polar surface area (TPSA) is 81.5 Å². The summed E-state index contributed by atoms with van der Waals surface area (Å²) in [6.07, 6.45) is 3.63. The van der Waals surface area contributed by atoms with Crippen LogP contribution in [0.2, 0.25) is 0 Å². The van der Waals surface area contributed by atoms with Crippen LogP contribution in [0.3, 0.4) is 0 Å². The van der Waals surface area contributed by atoms with Crippen molar-refractivity contribution in [3.05, 3.63) is 20.8 Å². The van der Waals surface area contributed by atoms with Gasteiger partial charge in [0.2, 0.25) is 5.91 Å². The molecule has 1 aliphatic carbocycles. The third-order valence-electron chi connectivity index (χ3n) is 4.74. The zero-order valence-electron chi connectivity index (χ0n) is 14.4. The van der Waals surface area contributed by atoms with Gasteiger partial charge in [0.25, 0.3) is 5.56 Å². The van der Waals surface area contributed by atoms with Crippen LogP contribution in [0.4, 0.5) is 4.79 Å². The number of cyclic esters (lactones) is 1. The van der Waals surface area contributed by atoms with E-state index in [4.69, 9.17) is 4.74 Å². The minimum atomic E-state index is -0.599. The number of aryl methyl sites for hydroxylation is 2. The zero-order chi connectivity index (χ0) is 18.3. The standard InChI is InChI=1S/C17H19N3O4S2/c1-2-19-15(22)13-10-5-3-4-6-11(10)26-14(13)18-16(19)25-9-12(21)20-7-8-24-17(20)23/h2-9H2,1H3. The number of thiophene rings is 1. The number of nitrogens with zero attached hydrogens (tertiary/aromatic N) is 3. The van der Waals surface area contributed by atoms with Gasteiger partial charge >= 0.3 is 6.09 Å². The zero-order valence-corrected chi connectivity index (χ0v) is 16.1. The monoisotopic (exact) mass is 393 g/mol. The second-order valence-electron chi connectivity index (χ2n) is 6.28. The molecule has 0 N–H and O–H groups in total. The summed E-state index contributed by atoms with van der Waals surface area (Å²) in [4.78, 5) is 44.6. The normalized spacial score (nSPS) is 16.8. The van der Waals surface area contributed by atoms with Crippen LogP contribution >= 0.6 is 23.1 Å². The van der Waals surface area contributed by atoms with Crippen molar-refractivity contribution in [1.82, 2.24) is 14.5 Å². The van der Waals surface area contributed by atoms with Gasteiger partial charge in [-0.25, -0.2) is 14.7 Å². The quantitative estimate of drug-likeness (QED) is 0.586. The fourth-order valence-corrected chi connectivity index (χ4v) is 5.67. The Morgan fingerprint density at radius 3 is 2.85 bits per heavy atom. The first-order chi connectivity index (χ1) is 12.6. The number of hydrogen-bond acceptors (Lipinski definition) is 7. The van der Waals surface area contributed by atoms with Gasteiger partial charge in [-0.15, -0.1) is 11.3 Å². The van der Waals surface area contributed by atoms with Crippen LogP contribution in [0.25, 0.3) is 10.2 Å². The van der Waals surface area contributed by atoms with Gasteiger partial charge in [0.15, 0.2) is 5.16 Å². The van der Waals surface area contributed by atoms with Crippen LogP contribution in [0.5, 0.6) is 0 Å². The molecule has 2 amide bonds. The Labute approximate surface area is 158 Å². The van der Waals surface area contributed by atoms with Gasteiger partial charge in [0, 0.05) is 11.4 Å². The molecule has 2 aromatic heterocycles. The summed E-state index contributed by atoms with van der Waals surface area (Å²) < 4.78 is 6.42. The molecule has 1 fully saturated rings. The van der Waals surface area contributed by atoms with E-state index in [-0.39, 0.29) is 30.4 Å². The summed E-state index contributed by atoms with van der Waals surface area (Å²) in [5.41, 5.74) is 1.15. The number of amides is 2. The molecule has 1 aliphatic heterocycles. The molecule has 7 nitrogen and oxygen atoms in total. The van der Waals surface area contributed by atoms with Gasteiger partial charge in [0.05, 0.1) is 17.7 Å². The minimum Gasteiger partial charge on any atom is -0.447 e. The highest BCUT2D eigenvalue weighted by Crippen LogP contribution is 2.34. The number of hydrogen-bond donors (Lipinski definition) is 0. The first-order valence-corrected chi connectivity index (χ1v) is 10.6. The number of carbonyl (C=O) groups excluding carboxylic acids is 2. The van der Waals surface area contributed by atoms with E-state index in [1.165, 1.54) is 22.2 Å². The third-order valence-corrected chi connectivity index (χ3v) is 6.89. The van der Waals surface area contributed by atoms with Crippen molar-refractivity contribution in [1.29, 1.82) is 0 Å². The molecule has 1 saturated heterocycles. The lowest BCUT2D eigenvalue weighted by atomic mass is 9.97. The lowest BCUT2D eigenvalue weighted by Crippen LogP contribution is -2.33. The van der Waals surface area contributed by atoms with Crippen LogP contribution in [-0.4, -0.2) is 45.4 Å². The number of aromatic nitrogens is 2. The van der Waals surface area contributed by atoms with Crippen LogP contribution in [-0.2, 0) is 28.9 Å². The van der Waals surface area contributed by atoms with Gasteiger partial charge in [-0.05, 0) is 38.2 Å². The van der Waals surface area contributed by atoms with Crippen molar-refractivity contribution in [3.63, 3.8) is 0 Å². The minimum absolute atomic E-state index is 0.0209. The lowest BCUT2D eigenvalue weighted by molar-refractivity contribution is -0.125. The predicted octanol–water partition coefficient (Wildman–Crippen LogP) is 2.43. The first-order valence-electron chi connectivity index (χ1n) is 8.75. The van der Waals surface area contributed by atoms with Crippen molar-refractivity contribution in [2.45, 2.75) is 44.3 Å². The van der Waals surface area contributed by atoms with Crippen molar-refractivity contribution in [3.8, 4) is 0 Å². The number of rotatable bonds is 4.